The van der Waals surface area contributed by atoms with E-state index >= 15 is 0 Å². The van der Waals surface area contributed by atoms with E-state index in [1.807, 2.05) is 182 Å². The van der Waals surface area contributed by atoms with Gasteiger partial charge in [0.1, 0.15) is 0 Å². The number of ether oxygens (including phenoxy) is 2. The van der Waals surface area contributed by atoms with Crippen LogP contribution in [0.15, 0.2) is 218 Å². The lowest BCUT2D eigenvalue weighted by Gasteiger charge is -2.36. The fraction of sp³-hybridized carbons (Fsp3) is 0.0600. The number of esters is 2. The number of hydrogen-bond donors (Lipinski definition) is 1. The van der Waals surface area contributed by atoms with Crippen LogP contribution < -0.4 is 0 Å². The van der Waals surface area contributed by atoms with E-state index in [0.717, 1.165) is 33.4 Å². The summed E-state index contributed by atoms with van der Waals surface area (Å²) in [6.07, 6.45) is 0. The van der Waals surface area contributed by atoms with Crippen LogP contribution in [0.4, 0.5) is 0 Å². The minimum atomic E-state index is -1.32. The Morgan fingerprint density at radius 2 is 0.571 bits per heavy atom. The van der Waals surface area contributed by atoms with Crippen molar-refractivity contribution < 1.29 is 29.0 Å². The van der Waals surface area contributed by atoms with Crippen LogP contribution in [0.1, 0.15) is 61.0 Å². The van der Waals surface area contributed by atoms with Crippen molar-refractivity contribution >= 4 is 17.9 Å². The van der Waals surface area contributed by atoms with Crippen molar-refractivity contribution in [2.24, 2.45) is 0 Å². The van der Waals surface area contributed by atoms with E-state index in [1.54, 1.807) is 24.3 Å². The zero-order valence-corrected chi connectivity index (χ0v) is 30.8. The zero-order valence-electron chi connectivity index (χ0n) is 30.8. The molecule has 6 heteroatoms. The number of carbonyl (C=O) groups is 3. The first-order valence-corrected chi connectivity index (χ1v) is 18.0. The molecule has 0 bridgehead atoms. The lowest BCUT2D eigenvalue weighted by molar-refractivity contribution is -0.132. The van der Waals surface area contributed by atoms with Gasteiger partial charge in [0.05, 0.1) is 11.1 Å². The number of benzene rings is 7. The summed E-state index contributed by atoms with van der Waals surface area (Å²) < 4.78 is 13.4. The molecule has 56 heavy (non-hydrogen) atoms. The Balaban J connectivity index is 0.000000822. The predicted molar refractivity (Wildman–Crippen MR) is 218 cm³/mol. The molecular weight excluding hydrogens is 697 g/mol. The van der Waals surface area contributed by atoms with Crippen molar-refractivity contribution in [3.63, 3.8) is 0 Å². The highest BCUT2D eigenvalue weighted by molar-refractivity contribution is 6.03. The van der Waals surface area contributed by atoms with E-state index in [9.17, 15) is 14.4 Å². The Bertz CT molecular complexity index is 2010. The van der Waals surface area contributed by atoms with Crippen molar-refractivity contribution in [3.05, 3.63) is 263 Å². The van der Waals surface area contributed by atoms with Gasteiger partial charge in [0.2, 0.25) is 0 Å². The number of carboxylic acids is 1. The van der Waals surface area contributed by atoms with E-state index in [4.69, 9.17) is 14.6 Å². The van der Waals surface area contributed by atoms with Gasteiger partial charge in [0, 0.05) is 39.0 Å². The van der Waals surface area contributed by atoms with Gasteiger partial charge >= 0.3 is 17.9 Å². The molecule has 276 valence electrons. The molecule has 0 aliphatic carbocycles. The third kappa shape index (κ3) is 8.10. The third-order valence-electron chi connectivity index (χ3n) is 9.31. The highest BCUT2D eigenvalue weighted by Gasteiger charge is 2.43. The predicted octanol–water partition coefficient (Wildman–Crippen LogP) is 10.6. The Kier molecular flexibility index (Phi) is 12.1. The van der Waals surface area contributed by atoms with Crippen LogP contribution >= 0.6 is 0 Å². The molecule has 0 amide bonds. The van der Waals surface area contributed by atoms with Gasteiger partial charge in [-0.1, -0.05) is 201 Å². The highest BCUT2D eigenvalue weighted by atomic mass is 16.6. The van der Waals surface area contributed by atoms with Gasteiger partial charge in [-0.2, -0.15) is 0 Å². The quantitative estimate of drug-likeness (QED) is 0.0808. The normalized spacial score (nSPS) is 10.9. The fourth-order valence-corrected chi connectivity index (χ4v) is 6.62. The van der Waals surface area contributed by atoms with Crippen molar-refractivity contribution in [3.8, 4) is 0 Å². The molecule has 7 aromatic rings. The Hall–Kier alpha value is -7.31. The number of carboxylic acid groups (broad SMARTS) is 1. The van der Waals surface area contributed by atoms with Gasteiger partial charge in [0.25, 0.3) is 0 Å². The van der Waals surface area contributed by atoms with E-state index in [2.05, 4.69) is 6.58 Å². The zero-order chi connectivity index (χ0) is 39.4. The van der Waals surface area contributed by atoms with Gasteiger partial charge < -0.3 is 14.6 Å². The van der Waals surface area contributed by atoms with Crippen LogP contribution in [0.25, 0.3) is 0 Å². The Morgan fingerprint density at radius 3 is 0.750 bits per heavy atom. The van der Waals surface area contributed by atoms with Crippen LogP contribution in [-0.4, -0.2) is 23.0 Å². The van der Waals surface area contributed by atoms with E-state index in [1.165, 1.54) is 6.92 Å². The molecule has 7 aromatic carbocycles. The third-order valence-corrected chi connectivity index (χ3v) is 9.31. The molecular formula is C50H40O6. The van der Waals surface area contributed by atoms with Crippen molar-refractivity contribution in [2.45, 2.75) is 18.1 Å². The summed E-state index contributed by atoms with van der Waals surface area (Å²) in [7, 11) is 0. The minimum absolute atomic E-state index is 0.0905. The van der Waals surface area contributed by atoms with Gasteiger partial charge in [-0.05, 0) is 19.1 Å². The maximum Gasteiger partial charge on any atom is 0.340 e. The lowest BCUT2D eigenvalue weighted by atomic mass is 9.80. The maximum atomic E-state index is 14.7. The summed E-state index contributed by atoms with van der Waals surface area (Å²) in [5.41, 5.74) is 2.31. The first kappa shape index (κ1) is 38.4. The monoisotopic (exact) mass is 736 g/mol. The molecule has 6 nitrogen and oxygen atoms in total. The lowest BCUT2D eigenvalue weighted by Crippen LogP contribution is -2.37. The Morgan fingerprint density at radius 1 is 0.393 bits per heavy atom. The van der Waals surface area contributed by atoms with E-state index in [0.29, 0.717) is 0 Å². The standard InChI is InChI=1S/C46H34O4.C4H6O2/c47-43(49-45(35-21-7-1-8-22-35,36-23-9-2-10-24-36)37-25-11-3-12-26-37)41-33-19-20-34-42(41)44(48)50-46(38-27-13-4-14-28-38,39-29-15-5-16-30-39)40-31-17-6-18-32-40;1-3(2)4(5)6/h1-34H;1H2,2H3,(H,5,6). The number of carbonyl (C=O) groups excluding carboxylic acids is 2. The molecule has 0 saturated heterocycles. The molecule has 0 saturated carbocycles. The average Bonchev–Trinajstić information content (AvgIpc) is 3.26. The van der Waals surface area contributed by atoms with E-state index in [-0.39, 0.29) is 16.7 Å². The number of aliphatic carboxylic acids is 1. The molecule has 7 rings (SSSR count). The first-order valence-electron chi connectivity index (χ1n) is 18.0. The van der Waals surface area contributed by atoms with Crippen LogP contribution in [0.5, 0.6) is 0 Å². The smallest absolute Gasteiger partial charge is 0.340 e. The molecule has 0 aliphatic heterocycles. The molecule has 0 heterocycles. The van der Waals surface area contributed by atoms with Crippen molar-refractivity contribution in [1.29, 1.82) is 0 Å². The van der Waals surface area contributed by atoms with Crippen LogP contribution in [-0.2, 0) is 25.5 Å². The molecule has 0 radical (unpaired) electrons. The molecule has 0 spiro atoms. The highest BCUT2D eigenvalue weighted by Crippen LogP contribution is 2.43. The van der Waals surface area contributed by atoms with Crippen LogP contribution in [0.2, 0.25) is 0 Å². The summed E-state index contributed by atoms with van der Waals surface area (Å²) in [5.74, 6) is -2.27. The summed E-state index contributed by atoms with van der Waals surface area (Å²) in [6, 6.07) is 64.6. The van der Waals surface area contributed by atoms with Crippen LogP contribution in [0, 0.1) is 0 Å². The second kappa shape index (κ2) is 17.7. The second-order valence-corrected chi connectivity index (χ2v) is 13.0. The van der Waals surface area contributed by atoms with E-state index < -0.39 is 29.1 Å². The SMILES string of the molecule is C=C(C)C(=O)O.O=C(OC(c1ccccc1)(c1ccccc1)c1ccccc1)c1ccccc1C(=O)OC(c1ccccc1)(c1ccccc1)c1ccccc1. The molecule has 0 atom stereocenters. The van der Waals surface area contributed by atoms with Crippen molar-refractivity contribution in [2.75, 3.05) is 0 Å². The number of rotatable bonds is 11. The minimum Gasteiger partial charge on any atom is -0.478 e. The first-order chi connectivity index (χ1) is 27.3. The molecule has 0 fully saturated rings. The van der Waals surface area contributed by atoms with Gasteiger partial charge in [-0.15, -0.1) is 0 Å². The number of hydrogen-bond acceptors (Lipinski definition) is 5. The summed E-state index contributed by atoms with van der Waals surface area (Å²) >= 11 is 0. The molecule has 1 N–H and O–H groups in total. The fourth-order valence-electron chi connectivity index (χ4n) is 6.62. The van der Waals surface area contributed by atoms with Crippen molar-refractivity contribution in [1.82, 2.24) is 0 Å². The van der Waals surface area contributed by atoms with Gasteiger partial charge in [0.15, 0.2) is 11.2 Å². The van der Waals surface area contributed by atoms with Crippen LogP contribution in [0.3, 0.4) is 0 Å². The van der Waals surface area contributed by atoms with Gasteiger partial charge in [-0.25, -0.2) is 14.4 Å². The maximum absolute atomic E-state index is 14.7. The summed E-state index contributed by atoms with van der Waals surface area (Å²) in [4.78, 5) is 38.9. The molecule has 0 unspecified atom stereocenters. The molecule has 0 aliphatic rings. The summed E-state index contributed by atoms with van der Waals surface area (Å²) in [6.45, 7) is 4.60. The Labute approximate surface area is 327 Å². The molecule has 0 aromatic heterocycles. The van der Waals surface area contributed by atoms with Gasteiger partial charge in [-0.3, -0.25) is 0 Å². The largest absolute Gasteiger partial charge is 0.478 e. The topological polar surface area (TPSA) is 89.9 Å². The summed E-state index contributed by atoms with van der Waals surface area (Å²) in [5, 5.41) is 7.89. The average molecular weight is 737 g/mol. The second-order valence-electron chi connectivity index (χ2n) is 13.0.